The number of aryl methyl sites for hydroxylation is 1. The highest BCUT2D eigenvalue weighted by Gasteiger charge is 2.13. The van der Waals surface area contributed by atoms with Crippen LogP contribution in [0.1, 0.15) is 5.56 Å². The molecule has 0 saturated heterocycles. The number of hydrogen-bond acceptors (Lipinski definition) is 3. The van der Waals surface area contributed by atoms with E-state index in [-0.39, 0.29) is 5.82 Å². The van der Waals surface area contributed by atoms with E-state index in [0.717, 1.165) is 4.90 Å². The molecule has 0 aliphatic carbocycles. The van der Waals surface area contributed by atoms with Crippen molar-refractivity contribution < 1.29 is 19.0 Å². The summed E-state index contributed by atoms with van der Waals surface area (Å²) in [5.41, 5.74) is 6.87. The Morgan fingerprint density at radius 1 is 1.24 bits per heavy atom. The average molecular weight is 290 g/mol. The molecule has 3 N–H and O–H groups in total. The molecule has 0 aliphatic rings. The molecule has 110 valence electrons. The van der Waals surface area contributed by atoms with Crippen molar-refractivity contribution >= 4 is 17.5 Å². The zero-order valence-electron chi connectivity index (χ0n) is 11.6. The lowest BCUT2D eigenvalue weighted by molar-refractivity contribution is 0.203. The minimum atomic E-state index is -1.14. The summed E-state index contributed by atoms with van der Waals surface area (Å²) in [6.07, 6.45) is -1.14. The van der Waals surface area contributed by atoms with Gasteiger partial charge in [-0.25, -0.2) is 9.18 Å². The molecule has 0 aliphatic heterocycles. The molecule has 0 heterocycles. The number of hydrogen-bond donors (Lipinski definition) is 2. The number of carboxylic acid groups (broad SMARTS) is 1. The number of amides is 1. The summed E-state index contributed by atoms with van der Waals surface area (Å²) < 4.78 is 19.0. The third-order valence-corrected chi connectivity index (χ3v) is 3.03. The van der Waals surface area contributed by atoms with E-state index in [1.54, 1.807) is 25.1 Å². The number of nitrogen functional groups attached to an aromatic ring is 1. The van der Waals surface area contributed by atoms with E-state index in [1.807, 2.05) is 0 Å². The molecule has 0 unspecified atom stereocenters. The van der Waals surface area contributed by atoms with Crippen molar-refractivity contribution in [2.24, 2.45) is 0 Å². The number of benzene rings is 2. The number of nitrogens with zero attached hydrogens (tertiary/aromatic N) is 1. The molecule has 1 amide bonds. The monoisotopic (exact) mass is 290 g/mol. The van der Waals surface area contributed by atoms with Gasteiger partial charge in [0.1, 0.15) is 17.3 Å². The number of nitrogens with two attached hydrogens (primary N) is 1. The number of ether oxygens (including phenoxy) is 1. The van der Waals surface area contributed by atoms with Gasteiger partial charge in [0.25, 0.3) is 0 Å². The first-order chi connectivity index (χ1) is 9.88. The van der Waals surface area contributed by atoms with Crippen LogP contribution in [-0.2, 0) is 0 Å². The van der Waals surface area contributed by atoms with E-state index < -0.39 is 6.09 Å². The third kappa shape index (κ3) is 3.22. The van der Waals surface area contributed by atoms with Gasteiger partial charge in [0, 0.05) is 19.2 Å². The molecule has 0 spiro atoms. The van der Waals surface area contributed by atoms with Gasteiger partial charge in [-0.15, -0.1) is 0 Å². The van der Waals surface area contributed by atoms with Gasteiger partial charge >= 0.3 is 6.09 Å². The second-order valence-electron chi connectivity index (χ2n) is 4.58. The largest absolute Gasteiger partial charge is 0.465 e. The van der Waals surface area contributed by atoms with Gasteiger partial charge in [-0.2, -0.15) is 0 Å². The van der Waals surface area contributed by atoms with E-state index in [4.69, 9.17) is 15.6 Å². The van der Waals surface area contributed by atoms with Crippen molar-refractivity contribution in [1.82, 2.24) is 0 Å². The van der Waals surface area contributed by atoms with Crippen LogP contribution in [-0.4, -0.2) is 18.2 Å². The topological polar surface area (TPSA) is 75.8 Å². The van der Waals surface area contributed by atoms with Gasteiger partial charge in [-0.3, -0.25) is 4.90 Å². The lowest BCUT2D eigenvalue weighted by atomic mass is 10.2. The molecular weight excluding hydrogens is 275 g/mol. The molecule has 0 saturated carbocycles. The predicted octanol–water partition coefficient (Wildman–Crippen LogP) is 3.62. The van der Waals surface area contributed by atoms with Crippen molar-refractivity contribution in [3.8, 4) is 11.5 Å². The van der Waals surface area contributed by atoms with Crippen molar-refractivity contribution in [3.63, 3.8) is 0 Å². The van der Waals surface area contributed by atoms with Gasteiger partial charge in [0.2, 0.25) is 0 Å². The molecule has 0 bridgehead atoms. The van der Waals surface area contributed by atoms with Crippen LogP contribution in [0.2, 0.25) is 0 Å². The van der Waals surface area contributed by atoms with Crippen LogP contribution in [0.25, 0.3) is 0 Å². The summed E-state index contributed by atoms with van der Waals surface area (Å²) in [7, 11) is 1.38. The van der Waals surface area contributed by atoms with E-state index >= 15 is 0 Å². The van der Waals surface area contributed by atoms with Gasteiger partial charge in [0.15, 0.2) is 0 Å². The molecule has 21 heavy (non-hydrogen) atoms. The number of rotatable bonds is 3. The van der Waals surface area contributed by atoms with Crippen LogP contribution in [0.15, 0.2) is 36.4 Å². The van der Waals surface area contributed by atoms with Crippen molar-refractivity contribution in [2.75, 3.05) is 17.7 Å². The quantitative estimate of drug-likeness (QED) is 0.846. The van der Waals surface area contributed by atoms with Crippen LogP contribution >= 0.6 is 0 Å². The maximum Gasteiger partial charge on any atom is 0.411 e. The average Bonchev–Trinajstić information content (AvgIpc) is 2.44. The van der Waals surface area contributed by atoms with Gasteiger partial charge < -0.3 is 15.6 Å². The van der Waals surface area contributed by atoms with E-state index in [2.05, 4.69) is 0 Å². The van der Waals surface area contributed by atoms with E-state index in [0.29, 0.717) is 28.4 Å². The summed E-state index contributed by atoms with van der Waals surface area (Å²) in [6, 6.07) is 9.12. The Kier molecular flexibility index (Phi) is 3.98. The standard InChI is InChI=1S/C15H15FN2O3/c1-9-3-4-10(7-12(9)16)21-11-5-6-13(17)14(8-11)18(2)15(19)20/h3-8H,17H2,1-2H3,(H,19,20). The number of halogens is 1. The smallest absolute Gasteiger partial charge is 0.411 e. The lowest BCUT2D eigenvalue weighted by Gasteiger charge is -2.17. The number of anilines is 2. The van der Waals surface area contributed by atoms with Crippen LogP contribution in [0.3, 0.4) is 0 Å². The highest BCUT2D eigenvalue weighted by Crippen LogP contribution is 2.31. The van der Waals surface area contributed by atoms with Gasteiger partial charge in [-0.05, 0) is 30.7 Å². The summed E-state index contributed by atoms with van der Waals surface area (Å²) in [5.74, 6) is 0.327. The van der Waals surface area contributed by atoms with Crippen LogP contribution in [0, 0.1) is 12.7 Å². The van der Waals surface area contributed by atoms with E-state index in [9.17, 15) is 9.18 Å². The summed E-state index contributed by atoms with van der Waals surface area (Å²) >= 11 is 0. The van der Waals surface area contributed by atoms with Crippen LogP contribution < -0.4 is 15.4 Å². The molecule has 0 atom stereocenters. The van der Waals surface area contributed by atoms with Crippen LogP contribution in [0.5, 0.6) is 11.5 Å². The molecule has 2 rings (SSSR count). The highest BCUT2D eigenvalue weighted by molar-refractivity contribution is 5.90. The summed E-state index contributed by atoms with van der Waals surface area (Å²) in [4.78, 5) is 12.0. The Hall–Kier alpha value is -2.76. The first-order valence-electron chi connectivity index (χ1n) is 6.18. The lowest BCUT2D eigenvalue weighted by Crippen LogP contribution is -2.24. The maximum absolute atomic E-state index is 13.5. The Morgan fingerprint density at radius 3 is 2.48 bits per heavy atom. The van der Waals surface area contributed by atoms with Crippen molar-refractivity contribution in [2.45, 2.75) is 6.92 Å². The minimum Gasteiger partial charge on any atom is -0.465 e. The maximum atomic E-state index is 13.5. The Balaban J connectivity index is 2.30. The van der Waals surface area contributed by atoms with Crippen molar-refractivity contribution in [3.05, 3.63) is 47.8 Å². The molecule has 0 aromatic heterocycles. The van der Waals surface area contributed by atoms with Crippen LogP contribution in [0.4, 0.5) is 20.6 Å². The Labute approximate surface area is 121 Å². The molecule has 0 fully saturated rings. The molecule has 2 aromatic rings. The zero-order valence-corrected chi connectivity index (χ0v) is 11.6. The highest BCUT2D eigenvalue weighted by atomic mass is 19.1. The summed E-state index contributed by atoms with van der Waals surface area (Å²) in [5, 5.41) is 8.99. The Morgan fingerprint density at radius 2 is 1.86 bits per heavy atom. The first kappa shape index (κ1) is 14.6. The fourth-order valence-electron chi connectivity index (χ4n) is 1.75. The summed E-state index contributed by atoms with van der Waals surface area (Å²) in [6.45, 7) is 1.66. The molecule has 6 heteroatoms. The second-order valence-corrected chi connectivity index (χ2v) is 4.58. The van der Waals surface area contributed by atoms with Gasteiger partial charge in [-0.1, -0.05) is 6.07 Å². The predicted molar refractivity (Wildman–Crippen MR) is 78.5 cm³/mol. The third-order valence-electron chi connectivity index (χ3n) is 3.03. The van der Waals surface area contributed by atoms with Crippen molar-refractivity contribution in [1.29, 1.82) is 0 Å². The number of carbonyl (C=O) groups is 1. The second kappa shape index (κ2) is 5.70. The normalized spacial score (nSPS) is 10.2. The van der Waals surface area contributed by atoms with Gasteiger partial charge in [0.05, 0.1) is 11.4 Å². The SMILES string of the molecule is Cc1ccc(Oc2ccc(N)c(N(C)C(=O)O)c2)cc1F. The molecule has 5 nitrogen and oxygen atoms in total. The molecule has 0 radical (unpaired) electrons. The fraction of sp³-hybridized carbons (Fsp3) is 0.133. The first-order valence-corrected chi connectivity index (χ1v) is 6.18. The van der Waals surface area contributed by atoms with E-state index in [1.165, 1.54) is 25.2 Å². The fourth-order valence-corrected chi connectivity index (χ4v) is 1.75. The Bertz CT molecular complexity index is 689. The minimum absolute atomic E-state index is 0.299. The molecular formula is C15H15FN2O3. The molecule has 2 aromatic carbocycles. The zero-order chi connectivity index (χ0) is 15.6.